The zero-order chi connectivity index (χ0) is 11.4. The van der Waals surface area contributed by atoms with E-state index in [-0.39, 0.29) is 6.04 Å². The van der Waals surface area contributed by atoms with Gasteiger partial charge in [0.05, 0.1) is 6.04 Å². The van der Waals surface area contributed by atoms with Gasteiger partial charge in [-0.05, 0) is 19.9 Å². The highest BCUT2D eigenvalue weighted by Crippen LogP contribution is 2.25. The van der Waals surface area contributed by atoms with Gasteiger partial charge in [-0.1, -0.05) is 0 Å². The van der Waals surface area contributed by atoms with E-state index >= 15 is 0 Å². The molecule has 2 saturated heterocycles. The zero-order valence-corrected chi connectivity index (χ0v) is 11.4. The van der Waals surface area contributed by atoms with Crippen LogP contribution < -0.4 is 5.32 Å². The van der Waals surface area contributed by atoms with Crippen molar-refractivity contribution in [3.63, 3.8) is 0 Å². The lowest BCUT2D eigenvalue weighted by Crippen LogP contribution is -2.51. The fraction of sp³-hybridized carbons (Fsp3) is 0.909. The Morgan fingerprint density at radius 1 is 1.50 bits per heavy atom. The summed E-state index contributed by atoms with van der Waals surface area (Å²) in [6, 6.07) is 0.0648. The molecule has 92 valence electrons. The number of carbonyl (C=O) groups is 1. The maximum absolute atomic E-state index is 12.1. The molecule has 0 aromatic carbocycles. The molecule has 1 N–H and O–H groups in total. The topological polar surface area (TPSA) is 32.3 Å². The fourth-order valence-corrected chi connectivity index (χ4v) is 4.96. The monoisotopic (exact) mass is 260 g/mol. The Hall–Kier alpha value is 0.130. The van der Waals surface area contributed by atoms with Gasteiger partial charge in [0.2, 0.25) is 5.91 Å². The van der Waals surface area contributed by atoms with Crippen molar-refractivity contribution < 1.29 is 4.79 Å². The predicted octanol–water partition coefficient (Wildman–Crippen LogP) is 1.05. The second-order valence-electron chi connectivity index (χ2n) is 4.34. The number of hydrogen-bond acceptors (Lipinski definition) is 4. The van der Waals surface area contributed by atoms with Crippen LogP contribution in [-0.2, 0) is 4.79 Å². The number of rotatable bonds is 3. The van der Waals surface area contributed by atoms with Crippen molar-refractivity contribution in [2.75, 3.05) is 37.4 Å². The smallest absolute Gasteiger partial charge is 0.239 e. The number of thioether (sulfide) groups is 2. The van der Waals surface area contributed by atoms with Gasteiger partial charge in [0.15, 0.2) is 0 Å². The van der Waals surface area contributed by atoms with E-state index in [0.717, 1.165) is 25.9 Å². The van der Waals surface area contributed by atoms with Gasteiger partial charge in [-0.3, -0.25) is 4.79 Å². The Balaban J connectivity index is 1.85. The molecule has 2 aliphatic rings. The molecule has 2 heterocycles. The molecule has 5 heteroatoms. The number of piperidine rings is 1. The SMILES string of the molecule is CNC1CCCN(CC2CSCCS2)C1=O. The van der Waals surface area contributed by atoms with Gasteiger partial charge in [0.1, 0.15) is 0 Å². The minimum atomic E-state index is 0.0648. The van der Waals surface area contributed by atoms with Gasteiger partial charge in [0.25, 0.3) is 0 Å². The van der Waals surface area contributed by atoms with Crippen LogP contribution in [0.2, 0.25) is 0 Å². The first-order valence-electron chi connectivity index (χ1n) is 5.96. The van der Waals surface area contributed by atoms with Crippen molar-refractivity contribution >= 4 is 29.4 Å². The van der Waals surface area contributed by atoms with Crippen LogP contribution in [0, 0.1) is 0 Å². The standard InChI is InChI=1S/C11H20N2OS2/c1-12-10-3-2-4-13(11(10)14)7-9-8-15-5-6-16-9/h9-10,12H,2-8H2,1H3. The third-order valence-electron chi connectivity index (χ3n) is 3.19. The van der Waals surface area contributed by atoms with Crippen molar-refractivity contribution in [3.05, 3.63) is 0 Å². The van der Waals surface area contributed by atoms with Gasteiger partial charge >= 0.3 is 0 Å². The Labute approximate surface area is 106 Å². The highest BCUT2D eigenvalue weighted by atomic mass is 32.2. The molecule has 0 aromatic rings. The first kappa shape index (κ1) is 12.6. The lowest BCUT2D eigenvalue weighted by molar-refractivity contribution is -0.135. The number of carbonyl (C=O) groups excluding carboxylic acids is 1. The molecular formula is C11H20N2OS2. The van der Waals surface area contributed by atoms with Crippen molar-refractivity contribution in [1.29, 1.82) is 0 Å². The molecule has 0 aliphatic carbocycles. The molecule has 0 spiro atoms. The Bertz CT molecular complexity index is 244. The summed E-state index contributed by atoms with van der Waals surface area (Å²) in [5, 5.41) is 3.77. The summed E-state index contributed by atoms with van der Waals surface area (Å²) in [6.45, 7) is 1.91. The first-order chi connectivity index (χ1) is 7.81. The second-order valence-corrected chi connectivity index (χ2v) is 6.89. The van der Waals surface area contributed by atoms with Crippen LogP contribution in [0.25, 0.3) is 0 Å². The van der Waals surface area contributed by atoms with Gasteiger partial charge < -0.3 is 10.2 Å². The summed E-state index contributed by atoms with van der Waals surface area (Å²) in [7, 11) is 1.89. The van der Waals surface area contributed by atoms with Crippen LogP contribution in [-0.4, -0.2) is 59.5 Å². The molecule has 2 unspecified atom stereocenters. The van der Waals surface area contributed by atoms with E-state index in [4.69, 9.17) is 0 Å². The van der Waals surface area contributed by atoms with Crippen LogP contribution in [0.1, 0.15) is 12.8 Å². The second kappa shape index (κ2) is 6.17. The number of nitrogens with one attached hydrogen (secondary N) is 1. The van der Waals surface area contributed by atoms with Crippen molar-refractivity contribution in [3.8, 4) is 0 Å². The number of hydrogen-bond donors (Lipinski definition) is 1. The molecule has 2 rings (SSSR count). The highest BCUT2D eigenvalue weighted by Gasteiger charge is 2.29. The summed E-state index contributed by atoms with van der Waals surface area (Å²) in [5.41, 5.74) is 0. The molecule has 2 atom stereocenters. The molecular weight excluding hydrogens is 240 g/mol. The average Bonchev–Trinajstić information content (AvgIpc) is 2.33. The van der Waals surface area contributed by atoms with E-state index in [9.17, 15) is 4.79 Å². The lowest BCUT2D eigenvalue weighted by atomic mass is 10.0. The highest BCUT2D eigenvalue weighted by molar-refractivity contribution is 8.06. The van der Waals surface area contributed by atoms with E-state index in [1.165, 1.54) is 17.3 Å². The number of nitrogens with zero attached hydrogens (tertiary/aromatic N) is 1. The Kier molecular flexibility index (Phi) is 4.85. The zero-order valence-electron chi connectivity index (χ0n) is 9.78. The van der Waals surface area contributed by atoms with Crippen LogP contribution in [0.15, 0.2) is 0 Å². The maximum Gasteiger partial charge on any atom is 0.239 e. The molecule has 0 saturated carbocycles. The molecule has 16 heavy (non-hydrogen) atoms. The fourth-order valence-electron chi connectivity index (χ4n) is 2.28. The summed E-state index contributed by atoms with van der Waals surface area (Å²) in [5.74, 6) is 4.03. The van der Waals surface area contributed by atoms with E-state index in [0.29, 0.717) is 11.2 Å². The minimum Gasteiger partial charge on any atom is -0.340 e. The van der Waals surface area contributed by atoms with Crippen molar-refractivity contribution in [2.24, 2.45) is 0 Å². The third-order valence-corrected chi connectivity index (χ3v) is 6.02. The molecule has 0 bridgehead atoms. The summed E-state index contributed by atoms with van der Waals surface area (Å²) >= 11 is 4.06. The number of likely N-dealkylation sites (N-methyl/N-ethyl adjacent to an activating group) is 1. The van der Waals surface area contributed by atoms with E-state index in [1.54, 1.807) is 0 Å². The van der Waals surface area contributed by atoms with Crippen molar-refractivity contribution in [1.82, 2.24) is 10.2 Å². The van der Waals surface area contributed by atoms with Crippen molar-refractivity contribution in [2.45, 2.75) is 24.1 Å². The van der Waals surface area contributed by atoms with Crippen LogP contribution in [0.5, 0.6) is 0 Å². The van der Waals surface area contributed by atoms with Gasteiger partial charge in [0, 0.05) is 35.6 Å². The Morgan fingerprint density at radius 3 is 3.06 bits per heavy atom. The normalized spacial score (nSPS) is 31.8. The summed E-state index contributed by atoms with van der Waals surface area (Å²) in [6.07, 6.45) is 2.14. The van der Waals surface area contributed by atoms with Crippen LogP contribution >= 0.6 is 23.5 Å². The van der Waals surface area contributed by atoms with E-state index < -0.39 is 0 Å². The number of amides is 1. The van der Waals surface area contributed by atoms with Gasteiger partial charge in [-0.25, -0.2) is 0 Å². The van der Waals surface area contributed by atoms with Gasteiger partial charge in [-0.2, -0.15) is 23.5 Å². The van der Waals surface area contributed by atoms with Gasteiger partial charge in [-0.15, -0.1) is 0 Å². The predicted molar refractivity (Wildman–Crippen MR) is 72.2 cm³/mol. The minimum absolute atomic E-state index is 0.0648. The summed E-state index contributed by atoms with van der Waals surface area (Å²) in [4.78, 5) is 14.1. The largest absolute Gasteiger partial charge is 0.340 e. The quantitative estimate of drug-likeness (QED) is 0.822. The third kappa shape index (κ3) is 3.08. The molecule has 0 aromatic heterocycles. The number of likely N-dealkylation sites (tertiary alicyclic amines) is 1. The average molecular weight is 260 g/mol. The molecule has 2 fully saturated rings. The molecule has 1 amide bonds. The Morgan fingerprint density at radius 2 is 2.38 bits per heavy atom. The first-order valence-corrected chi connectivity index (χ1v) is 8.17. The molecule has 3 nitrogen and oxygen atoms in total. The maximum atomic E-state index is 12.1. The summed E-state index contributed by atoms with van der Waals surface area (Å²) < 4.78 is 0. The molecule has 0 radical (unpaired) electrons. The van der Waals surface area contributed by atoms with E-state index in [1.807, 2.05) is 30.6 Å². The molecule has 2 aliphatic heterocycles. The van der Waals surface area contributed by atoms with Crippen LogP contribution in [0.4, 0.5) is 0 Å². The van der Waals surface area contributed by atoms with E-state index in [2.05, 4.69) is 10.2 Å². The lowest BCUT2D eigenvalue weighted by Gasteiger charge is -2.35. The van der Waals surface area contributed by atoms with Crippen LogP contribution in [0.3, 0.4) is 0 Å².